The lowest BCUT2D eigenvalue weighted by atomic mass is 10.2. The molecule has 1 heterocycles. The van der Waals surface area contributed by atoms with E-state index in [1.54, 1.807) is 0 Å². The summed E-state index contributed by atoms with van der Waals surface area (Å²) in [7, 11) is 0. The summed E-state index contributed by atoms with van der Waals surface area (Å²) in [5, 5.41) is 0. The number of nitrogens with zero attached hydrogens (tertiary/aromatic N) is 1. The van der Waals surface area contributed by atoms with E-state index in [0.29, 0.717) is 5.69 Å². The van der Waals surface area contributed by atoms with Gasteiger partial charge in [-0.15, -0.1) is 13.2 Å². The van der Waals surface area contributed by atoms with Crippen LogP contribution in [0.2, 0.25) is 0 Å². The van der Waals surface area contributed by atoms with Crippen LogP contribution in [0.15, 0.2) is 24.3 Å². The zero-order chi connectivity index (χ0) is 14.0. The Morgan fingerprint density at radius 3 is 2.05 bits per heavy atom. The molecule has 0 aromatic heterocycles. The Balaban J connectivity index is 2.10. The van der Waals surface area contributed by atoms with Gasteiger partial charge in [0.25, 0.3) is 0 Å². The highest BCUT2D eigenvalue weighted by Gasteiger charge is 2.31. The van der Waals surface area contributed by atoms with E-state index in [0.717, 1.165) is 12.1 Å². The van der Waals surface area contributed by atoms with Gasteiger partial charge in [-0.2, -0.15) is 0 Å². The van der Waals surface area contributed by atoms with Crippen molar-refractivity contribution in [2.24, 2.45) is 0 Å². The number of carbonyl (C=O) groups is 2. The Morgan fingerprint density at radius 2 is 1.58 bits per heavy atom. The number of hydrogen-bond donors (Lipinski definition) is 0. The maximum absolute atomic E-state index is 12.0. The molecule has 102 valence electrons. The van der Waals surface area contributed by atoms with Crippen molar-refractivity contribution in [1.29, 1.82) is 0 Å². The van der Waals surface area contributed by atoms with Gasteiger partial charge in [0.05, 0.1) is 0 Å². The zero-order valence-corrected chi connectivity index (χ0v) is 9.44. The van der Waals surface area contributed by atoms with E-state index in [1.165, 1.54) is 17.0 Å². The normalized spacial score (nSPS) is 16.3. The smallest absolute Gasteiger partial charge is 0.406 e. The number of morpholine rings is 1. The number of alkyl halides is 3. The molecule has 0 amide bonds. The Bertz CT molecular complexity index is 482. The SMILES string of the molecule is O=C1CN(c2ccc(OC(F)(F)F)cc2)CC(=O)O1. The van der Waals surface area contributed by atoms with E-state index in [-0.39, 0.29) is 18.8 Å². The van der Waals surface area contributed by atoms with E-state index in [4.69, 9.17) is 0 Å². The highest BCUT2D eigenvalue weighted by Crippen LogP contribution is 2.25. The quantitative estimate of drug-likeness (QED) is 0.604. The molecule has 1 aliphatic rings. The van der Waals surface area contributed by atoms with E-state index in [1.807, 2.05) is 0 Å². The van der Waals surface area contributed by atoms with Gasteiger partial charge in [0.15, 0.2) is 0 Å². The van der Waals surface area contributed by atoms with Crippen molar-refractivity contribution in [3.05, 3.63) is 24.3 Å². The summed E-state index contributed by atoms with van der Waals surface area (Å²) in [6, 6.07) is 4.86. The first-order chi connectivity index (χ1) is 8.83. The van der Waals surface area contributed by atoms with Crippen molar-refractivity contribution in [3.63, 3.8) is 0 Å². The van der Waals surface area contributed by atoms with Crippen LogP contribution in [-0.2, 0) is 14.3 Å². The minimum atomic E-state index is -4.76. The van der Waals surface area contributed by atoms with Gasteiger partial charge in [0.2, 0.25) is 0 Å². The molecule has 1 fully saturated rings. The molecule has 5 nitrogen and oxygen atoms in total. The molecule has 0 spiro atoms. The fourth-order valence-electron chi connectivity index (χ4n) is 1.60. The second kappa shape index (κ2) is 4.79. The van der Waals surface area contributed by atoms with Gasteiger partial charge in [-0.3, -0.25) is 0 Å². The number of hydrogen-bond acceptors (Lipinski definition) is 5. The van der Waals surface area contributed by atoms with E-state index in [2.05, 4.69) is 9.47 Å². The maximum Gasteiger partial charge on any atom is 0.573 e. The second-order valence-electron chi connectivity index (χ2n) is 3.74. The van der Waals surface area contributed by atoms with E-state index >= 15 is 0 Å². The molecule has 1 aliphatic heterocycles. The van der Waals surface area contributed by atoms with Gasteiger partial charge >= 0.3 is 18.3 Å². The molecule has 2 rings (SSSR count). The van der Waals surface area contributed by atoms with Crippen LogP contribution in [-0.4, -0.2) is 31.4 Å². The number of ether oxygens (including phenoxy) is 2. The molecule has 0 bridgehead atoms. The number of cyclic esters (lactones) is 2. The number of halogens is 3. The maximum atomic E-state index is 12.0. The van der Waals surface area contributed by atoms with Gasteiger partial charge < -0.3 is 14.4 Å². The summed E-state index contributed by atoms with van der Waals surface area (Å²) in [4.78, 5) is 23.5. The van der Waals surface area contributed by atoms with Crippen LogP contribution in [0.25, 0.3) is 0 Å². The van der Waals surface area contributed by atoms with Crippen molar-refractivity contribution >= 4 is 17.6 Å². The van der Waals surface area contributed by atoms with Crippen LogP contribution in [0.1, 0.15) is 0 Å². The summed E-state index contributed by atoms with van der Waals surface area (Å²) < 4.78 is 43.9. The lowest BCUT2D eigenvalue weighted by Crippen LogP contribution is -2.42. The Morgan fingerprint density at radius 1 is 1.05 bits per heavy atom. The third kappa shape index (κ3) is 3.60. The molecule has 1 saturated heterocycles. The molecule has 1 aromatic carbocycles. The lowest BCUT2D eigenvalue weighted by molar-refractivity contribution is -0.274. The standard InChI is InChI=1S/C11H8F3NO4/c12-11(13,14)19-8-3-1-7(2-4-8)15-5-9(16)18-10(17)6-15/h1-4H,5-6H2. The fourth-order valence-corrected chi connectivity index (χ4v) is 1.60. The number of benzene rings is 1. The van der Waals surface area contributed by atoms with Crippen LogP contribution in [0.3, 0.4) is 0 Å². The van der Waals surface area contributed by atoms with Gasteiger partial charge in [0.1, 0.15) is 18.8 Å². The largest absolute Gasteiger partial charge is 0.573 e. The molecular weight excluding hydrogens is 267 g/mol. The molecule has 0 N–H and O–H groups in total. The Labute approximate surface area is 105 Å². The number of anilines is 1. The molecule has 0 atom stereocenters. The van der Waals surface area contributed by atoms with Crippen molar-refractivity contribution in [2.45, 2.75) is 6.36 Å². The third-order valence-electron chi connectivity index (χ3n) is 2.30. The predicted octanol–water partition coefficient (Wildman–Crippen LogP) is 1.47. The van der Waals surface area contributed by atoms with Crippen LogP contribution in [0.5, 0.6) is 5.75 Å². The summed E-state index contributed by atoms with van der Waals surface area (Å²) in [5.74, 6) is -1.78. The molecule has 0 radical (unpaired) electrons. The fraction of sp³-hybridized carbons (Fsp3) is 0.273. The van der Waals surface area contributed by atoms with Gasteiger partial charge in [-0.25, -0.2) is 9.59 Å². The number of carbonyl (C=O) groups excluding carboxylic acids is 2. The lowest BCUT2D eigenvalue weighted by Gasteiger charge is -2.26. The van der Waals surface area contributed by atoms with Crippen LogP contribution < -0.4 is 9.64 Å². The van der Waals surface area contributed by atoms with Crippen LogP contribution in [0.4, 0.5) is 18.9 Å². The minimum Gasteiger partial charge on any atom is -0.406 e. The Hall–Kier alpha value is -2.25. The second-order valence-corrected chi connectivity index (χ2v) is 3.74. The van der Waals surface area contributed by atoms with Gasteiger partial charge in [0, 0.05) is 5.69 Å². The summed E-state index contributed by atoms with van der Waals surface area (Å²) in [6.45, 7) is -0.267. The molecule has 8 heteroatoms. The average molecular weight is 275 g/mol. The molecule has 1 aromatic rings. The monoisotopic (exact) mass is 275 g/mol. The van der Waals surface area contributed by atoms with Crippen molar-refractivity contribution < 1.29 is 32.2 Å². The molecule has 0 aliphatic carbocycles. The minimum absolute atomic E-state index is 0.134. The highest BCUT2D eigenvalue weighted by atomic mass is 19.4. The topological polar surface area (TPSA) is 55.8 Å². The van der Waals surface area contributed by atoms with Crippen LogP contribution >= 0.6 is 0 Å². The summed E-state index contributed by atoms with van der Waals surface area (Å²) >= 11 is 0. The van der Waals surface area contributed by atoms with Gasteiger partial charge in [-0.1, -0.05) is 0 Å². The van der Waals surface area contributed by atoms with Gasteiger partial charge in [-0.05, 0) is 24.3 Å². The molecular formula is C11H8F3NO4. The first-order valence-electron chi connectivity index (χ1n) is 5.18. The summed E-state index contributed by atoms with van der Waals surface area (Å²) in [6.07, 6.45) is -4.76. The molecule has 0 unspecified atom stereocenters. The number of esters is 2. The highest BCUT2D eigenvalue weighted by molar-refractivity contribution is 5.94. The first-order valence-corrected chi connectivity index (χ1v) is 5.18. The average Bonchev–Trinajstić information content (AvgIpc) is 2.26. The molecule has 0 saturated carbocycles. The van der Waals surface area contributed by atoms with Crippen LogP contribution in [0, 0.1) is 0 Å². The van der Waals surface area contributed by atoms with Crippen molar-refractivity contribution in [3.8, 4) is 5.75 Å². The zero-order valence-electron chi connectivity index (χ0n) is 9.44. The number of rotatable bonds is 2. The first kappa shape index (κ1) is 13.2. The van der Waals surface area contributed by atoms with E-state index in [9.17, 15) is 22.8 Å². The Kier molecular flexibility index (Phi) is 3.32. The summed E-state index contributed by atoms with van der Waals surface area (Å²) in [5.41, 5.74) is 0.430. The van der Waals surface area contributed by atoms with Crippen molar-refractivity contribution in [2.75, 3.05) is 18.0 Å². The van der Waals surface area contributed by atoms with Crippen molar-refractivity contribution in [1.82, 2.24) is 0 Å². The van der Waals surface area contributed by atoms with E-state index < -0.39 is 18.3 Å². The third-order valence-corrected chi connectivity index (χ3v) is 2.30. The predicted molar refractivity (Wildman–Crippen MR) is 56.4 cm³/mol. The molecule has 19 heavy (non-hydrogen) atoms.